The zero-order chi connectivity index (χ0) is 17.3. The Morgan fingerprint density at radius 3 is 2.83 bits per heavy atom. The highest BCUT2D eigenvalue weighted by Gasteiger charge is 2.11. The van der Waals surface area contributed by atoms with Crippen molar-refractivity contribution in [3.63, 3.8) is 0 Å². The molecule has 24 heavy (non-hydrogen) atoms. The smallest absolute Gasteiger partial charge is 0.271 e. The van der Waals surface area contributed by atoms with Gasteiger partial charge in [0.15, 0.2) is 0 Å². The van der Waals surface area contributed by atoms with Gasteiger partial charge in [0.05, 0.1) is 29.2 Å². The summed E-state index contributed by atoms with van der Waals surface area (Å²) in [5, 5.41) is 8.82. The zero-order valence-electron chi connectivity index (χ0n) is 13.8. The number of nitrogens with one attached hydrogen (secondary N) is 1. The summed E-state index contributed by atoms with van der Waals surface area (Å²) in [6.07, 6.45) is 3.62. The molecule has 1 aromatic carbocycles. The van der Waals surface area contributed by atoms with Gasteiger partial charge in [-0.05, 0) is 25.1 Å². The molecule has 0 bridgehead atoms. The van der Waals surface area contributed by atoms with E-state index in [0.717, 1.165) is 23.1 Å². The number of anilines is 2. The Kier molecular flexibility index (Phi) is 4.59. The number of methoxy groups -OCH3 is 1. The fraction of sp³-hybridized carbons (Fsp3) is 0.294. The first kappa shape index (κ1) is 16.5. The van der Waals surface area contributed by atoms with Crippen molar-refractivity contribution in [1.29, 1.82) is 0 Å². The molecule has 0 unspecified atom stereocenters. The summed E-state index contributed by atoms with van der Waals surface area (Å²) >= 11 is 6.55. The second kappa shape index (κ2) is 6.67. The second-order valence-electron chi connectivity index (χ2n) is 5.60. The lowest BCUT2D eigenvalue weighted by atomic mass is 10.2. The molecule has 0 spiro atoms. The first-order valence-electron chi connectivity index (χ1n) is 7.59. The second-order valence-corrected chi connectivity index (χ2v) is 5.98. The van der Waals surface area contributed by atoms with E-state index in [9.17, 15) is 4.79 Å². The lowest BCUT2D eigenvalue weighted by Gasteiger charge is -2.12. The summed E-state index contributed by atoms with van der Waals surface area (Å²) < 4.78 is 8.53. The monoisotopic (exact) mass is 346 g/mol. The maximum Gasteiger partial charge on any atom is 0.271 e. The van der Waals surface area contributed by atoms with E-state index >= 15 is 0 Å². The molecule has 0 saturated carbocycles. The molecule has 0 aliphatic carbocycles. The first-order chi connectivity index (χ1) is 11.5. The van der Waals surface area contributed by atoms with Gasteiger partial charge >= 0.3 is 0 Å². The molecule has 3 aromatic rings. The Balaban J connectivity index is 1.98. The molecule has 0 radical (unpaired) electrons. The number of ether oxygens (including phenoxy) is 1. The predicted octanol–water partition coefficient (Wildman–Crippen LogP) is 3.09. The average Bonchev–Trinajstić information content (AvgIpc) is 2.99. The Labute approximate surface area is 144 Å². The number of nitrogens with zero attached hydrogens (tertiary/aromatic N) is 3. The van der Waals surface area contributed by atoms with Gasteiger partial charge in [-0.2, -0.15) is 5.10 Å². The van der Waals surface area contributed by atoms with E-state index in [2.05, 4.69) is 15.0 Å². The third kappa shape index (κ3) is 2.90. The minimum Gasteiger partial charge on any atom is -0.383 e. The van der Waals surface area contributed by atoms with Crippen LogP contribution >= 0.6 is 11.6 Å². The fourth-order valence-electron chi connectivity index (χ4n) is 2.64. The highest BCUT2D eigenvalue weighted by Crippen LogP contribution is 2.33. The van der Waals surface area contributed by atoms with E-state index in [1.807, 2.05) is 24.4 Å². The van der Waals surface area contributed by atoms with Crippen LogP contribution in [0.2, 0.25) is 5.02 Å². The molecular formula is C17H19ClN4O2. The van der Waals surface area contributed by atoms with Crippen molar-refractivity contribution in [2.75, 3.05) is 19.0 Å². The van der Waals surface area contributed by atoms with Crippen LogP contribution in [0, 0.1) is 6.92 Å². The maximum absolute atomic E-state index is 12.0. The number of hydrogen-bond acceptors (Lipinski definition) is 4. The van der Waals surface area contributed by atoms with Crippen molar-refractivity contribution in [2.24, 2.45) is 7.05 Å². The summed E-state index contributed by atoms with van der Waals surface area (Å²) in [6.45, 7) is 3.17. The molecule has 6 nitrogen and oxygen atoms in total. The normalized spacial score (nSPS) is 11.2. The highest BCUT2D eigenvalue weighted by molar-refractivity contribution is 6.38. The largest absolute Gasteiger partial charge is 0.383 e. The van der Waals surface area contributed by atoms with Gasteiger partial charge in [-0.15, -0.1) is 0 Å². The fourth-order valence-corrected chi connectivity index (χ4v) is 2.91. The van der Waals surface area contributed by atoms with Crippen LogP contribution in [-0.4, -0.2) is 28.1 Å². The van der Waals surface area contributed by atoms with Gasteiger partial charge in [0.25, 0.3) is 5.56 Å². The number of benzene rings is 1. The van der Waals surface area contributed by atoms with Crippen LogP contribution in [0.5, 0.6) is 0 Å². The van der Waals surface area contributed by atoms with Crippen LogP contribution in [0.25, 0.3) is 10.9 Å². The first-order valence-corrected chi connectivity index (χ1v) is 7.97. The van der Waals surface area contributed by atoms with E-state index < -0.39 is 0 Å². The molecule has 2 aromatic heterocycles. The number of hydrogen-bond donors (Lipinski definition) is 1. The Hall–Kier alpha value is -2.31. The summed E-state index contributed by atoms with van der Waals surface area (Å²) in [5.74, 6) is 0. The van der Waals surface area contributed by atoms with Crippen LogP contribution in [0.15, 0.2) is 35.4 Å². The van der Waals surface area contributed by atoms with Gasteiger partial charge in [0.2, 0.25) is 0 Å². The van der Waals surface area contributed by atoms with Crippen molar-refractivity contribution in [1.82, 2.24) is 14.3 Å². The summed E-state index contributed by atoms with van der Waals surface area (Å²) in [5.41, 5.74) is 2.90. The van der Waals surface area contributed by atoms with Crippen LogP contribution < -0.4 is 10.9 Å². The standard InChI is InChI=1S/C17H19ClN4O2/c1-11-14(10-19-21(2)17(11)23)20-13-4-5-15-12(16(13)18)6-7-22(15)8-9-24-3/h4-7,10,20H,8-9H2,1-3H3. The molecule has 3 rings (SSSR count). The highest BCUT2D eigenvalue weighted by atomic mass is 35.5. The van der Waals surface area contributed by atoms with Crippen molar-refractivity contribution in [2.45, 2.75) is 13.5 Å². The summed E-state index contributed by atoms with van der Waals surface area (Å²) in [4.78, 5) is 12.0. The van der Waals surface area contributed by atoms with E-state index in [1.165, 1.54) is 4.68 Å². The number of rotatable bonds is 5. The molecule has 0 aliphatic rings. The molecule has 0 saturated heterocycles. The quantitative estimate of drug-likeness (QED) is 0.771. The average molecular weight is 347 g/mol. The molecular weight excluding hydrogens is 328 g/mol. The van der Waals surface area contributed by atoms with Gasteiger partial charge in [0, 0.05) is 43.4 Å². The van der Waals surface area contributed by atoms with Crippen molar-refractivity contribution in [3.8, 4) is 0 Å². The topological polar surface area (TPSA) is 61.1 Å². The molecule has 126 valence electrons. The lowest BCUT2D eigenvalue weighted by molar-refractivity contribution is 0.188. The van der Waals surface area contributed by atoms with Crippen molar-refractivity contribution < 1.29 is 4.74 Å². The van der Waals surface area contributed by atoms with E-state index in [0.29, 0.717) is 22.9 Å². The SMILES string of the molecule is COCCn1ccc2c(Cl)c(Nc3cnn(C)c(=O)c3C)ccc21. The van der Waals surface area contributed by atoms with Gasteiger partial charge in [-0.3, -0.25) is 4.79 Å². The third-order valence-electron chi connectivity index (χ3n) is 4.07. The summed E-state index contributed by atoms with van der Waals surface area (Å²) in [6, 6.07) is 5.89. The van der Waals surface area contributed by atoms with Gasteiger partial charge in [0.1, 0.15) is 0 Å². The minimum atomic E-state index is -0.136. The van der Waals surface area contributed by atoms with Gasteiger partial charge < -0.3 is 14.6 Å². The van der Waals surface area contributed by atoms with Gasteiger partial charge in [-0.1, -0.05) is 11.6 Å². The molecule has 2 heterocycles. The minimum absolute atomic E-state index is 0.136. The number of aryl methyl sites for hydroxylation is 1. The van der Waals surface area contributed by atoms with Crippen LogP contribution in [-0.2, 0) is 18.3 Å². The molecule has 0 atom stereocenters. The Morgan fingerprint density at radius 2 is 2.08 bits per heavy atom. The predicted molar refractivity (Wildman–Crippen MR) is 96.3 cm³/mol. The van der Waals surface area contributed by atoms with E-state index in [-0.39, 0.29) is 5.56 Å². The summed E-state index contributed by atoms with van der Waals surface area (Å²) in [7, 11) is 3.31. The molecule has 7 heteroatoms. The number of aromatic nitrogens is 3. The zero-order valence-corrected chi connectivity index (χ0v) is 14.6. The number of fused-ring (bicyclic) bond motifs is 1. The van der Waals surface area contributed by atoms with Crippen molar-refractivity contribution in [3.05, 3.63) is 51.5 Å². The van der Waals surface area contributed by atoms with Crippen LogP contribution in [0.3, 0.4) is 0 Å². The van der Waals surface area contributed by atoms with Crippen LogP contribution in [0.1, 0.15) is 5.56 Å². The Bertz CT molecular complexity index is 946. The van der Waals surface area contributed by atoms with Crippen LogP contribution in [0.4, 0.5) is 11.4 Å². The molecule has 1 N–H and O–H groups in total. The molecule has 0 fully saturated rings. The Morgan fingerprint density at radius 1 is 1.29 bits per heavy atom. The molecule has 0 amide bonds. The maximum atomic E-state index is 12.0. The number of halogens is 1. The lowest BCUT2D eigenvalue weighted by Crippen LogP contribution is -2.22. The van der Waals surface area contributed by atoms with E-state index in [4.69, 9.17) is 16.3 Å². The third-order valence-corrected chi connectivity index (χ3v) is 4.48. The van der Waals surface area contributed by atoms with E-state index in [1.54, 1.807) is 27.3 Å². The molecule has 0 aliphatic heterocycles. The van der Waals surface area contributed by atoms with Crippen molar-refractivity contribution >= 4 is 33.9 Å². The van der Waals surface area contributed by atoms with Gasteiger partial charge in [-0.25, -0.2) is 4.68 Å².